The highest BCUT2D eigenvalue weighted by Crippen LogP contribution is 2.31. The number of nitrogens with zero attached hydrogens (tertiary/aromatic N) is 1. The van der Waals surface area contributed by atoms with E-state index in [-0.39, 0.29) is 11.7 Å². The molecule has 0 atom stereocenters. The van der Waals surface area contributed by atoms with Crippen molar-refractivity contribution in [2.45, 2.75) is 0 Å². The van der Waals surface area contributed by atoms with Crippen LogP contribution in [0.5, 0.6) is 11.6 Å². The van der Waals surface area contributed by atoms with Gasteiger partial charge in [-0.25, -0.2) is 9.37 Å². The van der Waals surface area contributed by atoms with Crippen LogP contribution in [-0.2, 0) is 0 Å². The summed E-state index contributed by atoms with van der Waals surface area (Å²) in [6, 6.07) is 13.2. The maximum atomic E-state index is 13.1. The Kier molecular flexibility index (Phi) is 3.66. The molecule has 3 rings (SSSR count). The van der Waals surface area contributed by atoms with Gasteiger partial charge in [0.1, 0.15) is 11.6 Å². The molecule has 2 aromatic carbocycles. The van der Waals surface area contributed by atoms with E-state index in [0.29, 0.717) is 22.1 Å². The van der Waals surface area contributed by atoms with Crippen LogP contribution in [0.2, 0.25) is 0 Å². The van der Waals surface area contributed by atoms with E-state index in [2.05, 4.69) is 20.9 Å². The minimum atomic E-state index is -0.378. The third-order valence-corrected chi connectivity index (χ3v) is 3.56. The standard InChI is InChI=1S/C16H9BrFNO2/c17-13-8-12(18)5-6-15(13)21-16-11(9-20)7-10-3-1-2-4-14(10)19-16/h1-9H. The zero-order valence-corrected chi connectivity index (χ0v) is 12.3. The van der Waals surface area contributed by atoms with Crippen LogP contribution in [-0.4, -0.2) is 11.3 Å². The molecule has 0 fully saturated rings. The summed E-state index contributed by atoms with van der Waals surface area (Å²) in [6.45, 7) is 0. The molecule has 0 amide bonds. The number of aromatic nitrogens is 1. The highest BCUT2D eigenvalue weighted by atomic mass is 79.9. The molecule has 104 valence electrons. The number of pyridine rings is 1. The number of carbonyl (C=O) groups excluding carboxylic acids is 1. The average molecular weight is 346 g/mol. The number of aldehydes is 1. The molecule has 1 aromatic heterocycles. The molecule has 0 aliphatic rings. The average Bonchev–Trinajstić information content (AvgIpc) is 2.49. The van der Waals surface area contributed by atoms with E-state index in [1.807, 2.05) is 24.3 Å². The molecule has 0 aliphatic carbocycles. The minimum absolute atomic E-state index is 0.191. The van der Waals surface area contributed by atoms with Crippen molar-refractivity contribution in [2.75, 3.05) is 0 Å². The number of rotatable bonds is 3. The predicted molar refractivity (Wildman–Crippen MR) is 81.3 cm³/mol. The minimum Gasteiger partial charge on any atom is -0.437 e. The Bertz CT molecular complexity index is 836. The van der Waals surface area contributed by atoms with Gasteiger partial charge < -0.3 is 4.74 Å². The van der Waals surface area contributed by atoms with Crippen molar-refractivity contribution in [1.82, 2.24) is 4.98 Å². The van der Waals surface area contributed by atoms with Gasteiger partial charge in [0.15, 0.2) is 6.29 Å². The third kappa shape index (κ3) is 2.78. The smallest absolute Gasteiger partial charge is 0.230 e. The Labute approximate surface area is 128 Å². The van der Waals surface area contributed by atoms with Gasteiger partial charge in [0.2, 0.25) is 5.88 Å². The number of hydrogen-bond donors (Lipinski definition) is 0. The second-order valence-corrected chi connectivity index (χ2v) is 5.22. The van der Waals surface area contributed by atoms with E-state index in [1.54, 1.807) is 6.07 Å². The quantitative estimate of drug-likeness (QED) is 0.643. The van der Waals surface area contributed by atoms with Gasteiger partial charge in [0, 0.05) is 5.39 Å². The van der Waals surface area contributed by atoms with Crippen molar-refractivity contribution in [3.05, 3.63) is 64.4 Å². The number of ether oxygens (including phenoxy) is 1. The molecule has 0 spiro atoms. The number of fused-ring (bicyclic) bond motifs is 1. The van der Waals surface area contributed by atoms with Crippen LogP contribution < -0.4 is 4.74 Å². The summed E-state index contributed by atoms with van der Waals surface area (Å²) in [5, 5.41) is 0.852. The Balaban J connectivity index is 2.08. The first-order valence-corrected chi connectivity index (χ1v) is 6.94. The lowest BCUT2D eigenvalue weighted by atomic mass is 10.1. The first-order valence-electron chi connectivity index (χ1n) is 6.15. The SMILES string of the molecule is O=Cc1cc2ccccc2nc1Oc1ccc(F)cc1Br. The number of hydrogen-bond acceptors (Lipinski definition) is 3. The fourth-order valence-corrected chi connectivity index (χ4v) is 2.37. The lowest BCUT2D eigenvalue weighted by Gasteiger charge is -2.10. The van der Waals surface area contributed by atoms with Gasteiger partial charge in [-0.05, 0) is 46.3 Å². The van der Waals surface area contributed by atoms with Crippen molar-refractivity contribution >= 4 is 33.1 Å². The largest absolute Gasteiger partial charge is 0.437 e. The van der Waals surface area contributed by atoms with Crippen molar-refractivity contribution in [2.24, 2.45) is 0 Å². The Hall–Kier alpha value is -2.27. The van der Waals surface area contributed by atoms with Gasteiger partial charge in [-0.15, -0.1) is 0 Å². The van der Waals surface area contributed by atoms with Crippen LogP contribution in [0.3, 0.4) is 0 Å². The van der Waals surface area contributed by atoms with E-state index in [1.165, 1.54) is 18.2 Å². The molecule has 0 unspecified atom stereocenters. The molecule has 0 saturated carbocycles. The number of para-hydroxylation sites is 1. The molecular weight excluding hydrogens is 337 g/mol. The van der Waals surface area contributed by atoms with Gasteiger partial charge in [-0.1, -0.05) is 18.2 Å². The van der Waals surface area contributed by atoms with Crippen molar-refractivity contribution in [3.63, 3.8) is 0 Å². The molecule has 1 heterocycles. The van der Waals surface area contributed by atoms with Crippen LogP contribution in [0.15, 0.2) is 53.0 Å². The van der Waals surface area contributed by atoms with Gasteiger partial charge in [-0.2, -0.15) is 0 Å². The van der Waals surface area contributed by atoms with Crippen molar-refractivity contribution < 1.29 is 13.9 Å². The fourth-order valence-electron chi connectivity index (χ4n) is 1.94. The molecule has 21 heavy (non-hydrogen) atoms. The summed E-state index contributed by atoms with van der Waals surface area (Å²) < 4.78 is 19.2. The topological polar surface area (TPSA) is 39.2 Å². The van der Waals surface area contributed by atoms with Crippen molar-refractivity contribution in [1.29, 1.82) is 0 Å². The van der Waals surface area contributed by atoms with Gasteiger partial charge in [0.05, 0.1) is 15.6 Å². The Morgan fingerprint density at radius 2 is 1.95 bits per heavy atom. The summed E-state index contributed by atoms with van der Waals surface area (Å²) >= 11 is 3.22. The highest BCUT2D eigenvalue weighted by Gasteiger charge is 2.11. The van der Waals surface area contributed by atoms with E-state index < -0.39 is 0 Å². The third-order valence-electron chi connectivity index (χ3n) is 2.94. The van der Waals surface area contributed by atoms with Crippen LogP contribution in [0.4, 0.5) is 4.39 Å². The monoisotopic (exact) mass is 345 g/mol. The Morgan fingerprint density at radius 3 is 2.71 bits per heavy atom. The number of benzene rings is 2. The summed E-state index contributed by atoms with van der Waals surface area (Å²) in [5.74, 6) is 0.203. The maximum absolute atomic E-state index is 13.1. The second-order valence-electron chi connectivity index (χ2n) is 4.37. The first kappa shape index (κ1) is 13.7. The molecular formula is C16H9BrFNO2. The summed E-state index contributed by atoms with van der Waals surface area (Å²) in [5.41, 5.74) is 1.06. The number of carbonyl (C=O) groups is 1. The van der Waals surface area contributed by atoms with E-state index >= 15 is 0 Å². The molecule has 0 N–H and O–H groups in total. The second kappa shape index (κ2) is 5.61. The molecule has 3 aromatic rings. The normalized spacial score (nSPS) is 10.6. The Morgan fingerprint density at radius 1 is 1.14 bits per heavy atom. The fraction of sp³-hybridized carbons (Fsp3) is 0. The van der Waals surface area contributed by atoms with E-state index in [4.69, 9.17) is 4.74 Å². The zero-order valence-electron chi connectivity index (χ0n) is 10.7. The molecule has 0 radical (unpaired) electrons. The molecule has 0 saturated heterocycles. The molecule has 3 nitrogen and oxygen atoms in total. The van der Waals surface area contributed by atoms with Gasteiger partial charge in [-0.3, -0.25) is 4.79 Å². The zero-order chi connectivity index (χ0) is 14.8. The van der Waals surface area contributed by atoms with Gasteiger partial charge in [0.25, 0.3) is 0 Å². The first-order chi connectivity index (χ1) is 10.2. The molecule has 0 aliphatic heterocycles. The van der Waals surface area contributed by atoms with Crippen LogP contribution >= 0.6 is 15.9 Å². The lowest BCUT2D eigenvalue weighted by Crippen LogP contribution is -1.95. The summed E-state index contributed by atoms with van der Waals surface area (Å²) in [7, 11) is 0. The number of halogens is 2. The van der Waals surface area contributed by atoms with E-state index in [9.17, 15) is 9.18 Å². The molecule has 0 bridgehead atoms. The summed E-state index contributed by atoms with van der Waals surface area (Å²) in [4.78, 5) is 15.5. The van der Waals surface area contributed by atoms with Gasteiger partial charge >= 0.3 is 0 Å². The highest BCUT2D eigenvalue weighted by molar-refractivity contribution is 9.10. The summed E-state index contributed by atoms with van der Waals surface area (Å²) in [6.07, 6.45) is 0.687. The van der Waals surface area contributed by atoms with Crippen molar-refractivity contribution in [3.8, 4) is 11.6 Å². The maximum Gasteiger partial charge on any atom is 0.230 e. The van der Waals surface area contributed by atoms with Crippen LogP contribution in [0.1, 0.15) is 10.4 Å². The molecule has 5 heteroatoms. The lowest BCUT2D eigenvalue weighted by molar-refractivity contribution is 0.112. The predicted octanol–water partition coefficient (Wildman–Crippen LogP) is 4.74. The van der Waals surface area contributed by atoms with E-state index in [0.717, 1.165) is 10.9 Å². The van der Waals surface area contributed by atoms with Crippen LogP contribution in [0, 0.1) is 5.82 Å². The van der Waals surface area contributed by atoms with Crippen LogP contribution in [0.25, 0.3) is 10.9 Å².